The number of carbonyl (C=O) groups is 2. The number of benzene rings is 2. The molecule has 1 unspecified atom stereocenters. The molecule has 2 N–H and O–H groups in total. The van der Waals surface area contributed by atoms with Crippen molar-refractivity contribution < 1.29 is 18.4 Å². The van der Waals surface area contributed by atoms with Crippen molar-refractivity contribution in [3.8, 4) is 11.3 Å². The molecule has 1 aliphatic carbocycles. The highest BCUT2D eigenvalue weighted by Crippen LogP contribution is 2.33. The highest BCUT2D eigenvalue weighted by atomic mass is 32.1. The largest absolute Gasteiger partial charge is 0.343 e. The predicted molar refractivity (Wildman–Crippen MR) is 166 cm³/mol. The number of rotatable bonds is 6. The summed E-state index contributed by atoms with van der Waals surface area (Å²) in [6.07, 6.45) is 5.28. The van der Waals surface area contributed by atoms with E-state index in [9.17, 15) is 18.8 Å². The van der Waals surface area contributed by atoms with Crippen LogP contribution >= 0.6 is 11.3 Å². The Morgan fingerprint density at radius 3 is 2.50 bits per heavy atom. The van der Waals surface area contributed by atoms with E-state index in [4.69, 9.17) is 0 Å². The predicted octanol–water partition coefficient (Wildman–Crippen LogP) is 5.11. The molecule has 44 heavy (non-hydrogen) atoms. The summed E-state index contributed by atoms with van der Waals surface area (Å²) in [5, 5.41) is 5.50. The van der Waals surface area contributed by atoms with Crippen molar-refractivity contribution in [1.82, 2.24) is 19.4 Å². The second kappa shape index (κ2) is 11.9. The molecule has 2 aromatic carbocycles. The number of thiophene rings is 1. The topological polar surface area (TPSA) is 99.6 Å². The fraction of sp³-hybridized carbons (Fsp3) is 0.312. The van der Waals surface area contributed by atoms with E-state index in [1.807, 2.05) is 18.0 Å². The monoisotopic (exact) mass is 618 g/mol. The highest BCUT2D eigenvalue weighted by molar-refractivity contribution is 7.14. The molecule has 4 aromatic rings. The number of carbonyl (C=O) groups excluding carboxylic acids is 2. The molecule has 9 nitrogen and oxygen atoms in total. The van der Waals surface area contributed by atoms with Gasteiger partial charge in [-0.3, -0.25) is 19.3 Å². The van der Waals surface area contributed by atoms with Gasteiger partial charge in [-0.15, -0.1) is 11.3 Å². The fourth-order valence-electron chi connectivity index (χ4n) is 5.70. The van der Waals surface area contributed by atoms with Crippen LogP contribution in [0.15, 0.2) is 53.5 Å². The molecule has 0 spiro atoms. The number of fused-ring (bicyclic) bond motifs is 1. The van der Waals surface area contributed by atoms with E-state index in [2.05, 4.69) is 15.6 Å². The first-order valence-electron chi connectivity index (χ1n) is 14.4. The lowest BCUT2D eigenvalue weighted by atomic mass is 9.99. The lowest BCUT2D eigenvalue weighted by Crippen LogP contribution is -2.48. The highest BCUT2D eigenvalue weighted by Gasteiger charge is 2.32. The maximum atomic E-state index is 15.8. The molecule has 228 valence electrons. The summed E-state index contributed by atoms with van der Waals surface area (Å²) in [5.74, 6) is -2.23. The number of aryl methyl sites for hydroxylation is 3. The van der Waals surface area contributed by atoms with Crippen molar-refractivity contribution in [3.05, 3.63) is 91.5 Å². The van der Waals surface area contributed by atoms with Gasteiger partial charge in [0.2, 0.25) is 5.91 Å². The van der Waals surface area contributed by atoms with E-state index in [0.29, 0.717) is 17.1 Å². The van der Waals surface area contributed by atoms with Crippen LogP contribution in [0, 0.1) is 11.6 Å². The van der Waals surface area contributed by atoms with Gasteiger partial charge in [-0.05, 0) is 68.1 Å². The van der Waals surface area contributed by atoms with Crippen LogP contribution in [0.5, 0.6) is 0 Å². The third-order valence-corrected chi connectivity index (χ3v) is 9.42. The van der Waals surface area contributed by atoms with Crippen molar-refractivity contribution >= 4 is 40.3 Å². The Balaban J connectivity index is 1.26. The molecular formula is C32H32F2N6O3S. The molecule has 12 heteroatoms. The zero-order valence-electron chi connectivity index (χ0n) is 24.6. The van der Waals surface area contributed by atoms with Gasteiger partial charge in [0.25, 0.3) is 11.5 Å². The molecule has 1 atom stereocenters. The molecule has 3 heterocycles. The van der Waals surface area contributed by atoms with Gasteiger partial charge >= 0.3 is 0 Å². The molecular weight excluding hydrogens is 586 g/mol. The first kappa shape index (κ1) is 29.6. The number of nitrogens with zero attached hydrogens (tertiary/aromatic N) is 4. The minimum Gasteiger partial charge on any atom is -0.343 e. The molecule has 2 aliphatic rings. The van der Waals surface area contributed by atoms with E-state index in [-0.39, 0.29) is 28.7 Å². The summed E-state index contributed by atoms with van der Waals surface area (Å²) >= 11 is 1.38. The summed E-state index contributed by atoms with van der Waals surface area (Å²) < 4.78 is 31.8. The second-order valence-corrected chi connectivity index (χ2v) is 12.5. The summed E-state index contributed by atoms with van der Waals surface area (Å²) in [7, 11) is 5.17. The molecule has 1 aliphatic heterocycles. The first-order valence-corrected chi connectivity index (χ1v) is 15.2. The van der Waals surface area contributed by atoms with Crippen LogP contribution in [0.1, 0.15) is 44.6 Å². The second-order valence-electron chi connectivity index (χ2n) is 11.3. The number of aromatic nitrogens is 2. The molecule has 1 fully saturated rings. The minimum absolute atomic E-state index is 0.00257. The lowest BCUT2D eigenvalue weighted by Gasteiger charge is -2.37. The van der Waals surface area contributed by atoms with E-state index in [1.54, 1.807) is 36.2 Å². The molecule has 0 bridgehead atoms. The van der Waals surface area contributed by atoms with E-state index >= 15 is 4.39 Å². The van der Waals surface area contributed by atoms with Crippen molar-refractivity contribution in [2.24, 2.45) is 7.05 Å². The molecule has 0 saturated carbocycles. The third-order valence-electron chi connectivity index (χ3n) is 8.18. The molecule has 2 amide bonds. The quantitative estimate of drug-likeness (QED) is 0.312. The standard InChI is InChI=1S/C32H32F2N6O3S/c1-38-12-13-39(2)31(42)28(38)18-8-10-21(11-9-18)35-29-32(43)40(3)17-24(36-29)22-15-20(33)16-23(27(22)34)37-30(41)26-14-19-6-4-5-7-25(19)44-26/h8-11,14-17,28H,4-7,12-13H2,1-3H3,(H,35,36)(H,37,41). The fourth-order valence-corrected chi connectivity index (χ4v) is 6.85. The molecule has 6 rings (SSSR count). The number of halogens is 2. The molecule has 1 saturated heterocycles. The Morgan fingerprint density at radius 1 is 1.00 bits per heavy atom. The van der Waals surface area contributed by atoms with E-state index in [1.165, 1.54) is 29.1 Å². The average molecular weight is 619 g/mol. The maximum absolute atomic E-state index is 15.8. The van der Waals surface area contributed by atoms with Crippen LogP contribution in [0.25, 0.3) is 11.3 Å². The van der Waals surface area contributed by atoms with Gasteiger partial charge in [0, 0.05) is 55.6 Å². The van der Waals surface area contributed by atoms with Gasteiger partial charge in [-0.25, -0.2) is 13.8 Å². The van der Waals surface area contributed by atoms with E-state index < -0.39 is 29.1 Å². The van der Waals surface area contributed by atoms with Gasteiger partial charge < -0.3 is 20.1 Å². The Labute approximate surface area is 257 Å². The Morgan fingerprint density at radius 2 is 1.75 bits per heavy atom. The molecule has 0 radical (unpaired) electrons. The Kier molecular flexibility index (Phi) is 8.04. The first-order chi connectivity index (χ1) is 21.1. The smallest absolute Gasteiger partial charge is 0.293 e. The Hall–Kier alpha value is -4.42. The van der Waals surface area contributed by atoms with Crippen LogP contribution in [-0.2, 0) is 24.7 Å². The van der Waals surface area contributed by atoms with Crippen molar-refractivity contribution in [2.45, 2.75) is 31.7 Å². The van der Waals surface area contributed by atoms with Crippen molar-refractivity contribution in [1.29, 1.82) is 0 Å². The summed E-state index contributed by atoms with van der Waals surface area (Å²) in [6.45, 7) is 1.41. The molecule has 2 aromatic heterocycles. The summed E-state index contributed by atoms with van der Waals surface area (Å²) in [6, 6.07) is 10.4. The number of amides is 2. The minimum atomic E-state index is -0.867. The van der Waals surface area contributed by atoms with Gasteiger partial charge in [0.1, 0.15) is 11.9 Å². The third kappa shape index (κ3) is 5.74. The van der Waals surface area contributed by atoms with Gasteiger partial charge in [0.05, 0.1) is 16.3 Å². The van der Waals surface area contributed by atoms with Crippen molar-refractivity contribution in [3.63, 3.8) is 0 Å². The summed E-state index contributed by atoms with van der Waals surface area (Å²) in [4.78, 5) is 48.3. The number of likely N-dealkylation sites (N-methyl/N-ethyl adjacent to an activating group) is 2. The van der Waals surface area contributed by atoms with Gasteiger partial charge in [-0.2, -0.15) is 0 Å². The summed E-state index contributed by atoms with van der Waals surface area (Å²) in [5.41, 5.74) is 1.48. The average Bonchev–Trinajstić information content (AvgIpc) is 3.45. The normalized spacial score (nSPS) is 17.0. The van der Waals surface area contributed by atoms with Crippen LogP contribution < -0.4 is 16.2 Å². The number of anilines is 3. The van der Waals surface area contributed by atoms with Gasteiger partial charge in [0.15, 0.2) is 11.6 Å². The maximum Gasteiger partial charge on any atom is 0.293 e. The van der Waals surface area contributed by atoms with Gasteiger partial charge in [-0.1, -0.05) is 12.1 Å². The van der Waals surface area contributed by atoms with E-state index in [0.717, 1.165) is 60.4 Å². The zero-order chi connectivity index (χ0) is 31.1. The number of hydrogen-bond donors (Lipinski definition) is 2. The SMILES string of the molecule is CN1CCN(C)C(c2ccc(Nc3nc(-c4cc(F)cc(NC(=O)c5cc6c(s5)CCCC6)c4F)cn(C)c3=O)cc2)C1=O. The zero-order valence-corrected chi connectivity index (χ0v) is 25.4. The van der Waals surface area contributed by atoms with Crippen molar-refractivity contribution in [2.75, 3.05) is 37.8 Å². The van der Waals surface area contributed by atoms with Crippen LogP contribution in [0.2, 0.25) is 0 Å². The lowest BCUT2D eigenvalue weighted by molar-refractivity contribution is -0.139. The van der Waals surface area contributed by atoms with Crippen LogP contribution in [-0.4, -0.2) is 58.4 Å². The number of hydrogen-bond acceptors (Lipinski definition) is 7. The van der Waals surface area contributed by atoms with Crippen LogP contribution in [0.4, 0.5) is 26.0 Å². The number of nitrogens with one attached hydrogen (secondary N) is 2. The Bertz CT molecular complexity index is 1800. The number of piperazine rings is 1. The van der Waals surface area contributed by atoms with Crippen LogP contribution in [0.3, 0.4) is 0 Å².